The first-order chi connectivity index (χ1) is 32.2. The number of fused-ring (bicyclic) bond motifs is 9. The molecule has 304 valence electrons. The molecule has 11 aromatic carbocycles. The van der Waals surface area contributed by atoms with Crippen LogP contribution in [0.5, 0.6) is 0 Å². The molecule has 0 aliphatic rings. The van der Waals surface area contributed by atoms with E-state index in [4.69, 9.17) is 4.42 Å². The molecule has 2 heterocycles. The second-order valence-corrected chi connectivity index (χ2v) is 16.9. The van der Waals surface area contributed by atoms with Crippen molar-refractivity contribution >= 4 is 82.4 Å². The molecule has 0 bridgehead atoms. The molecule has 0 spiro atoms. The molecular weight excluding hydrogens is 789 g/mol. The van der Waals surface area contributed by atoms with Crippen molar-refractivity contribution in [1.82, 2.24) is 4.57 Å². The van der Waals surface area contributed by atoms with Gasteiger partial charge in [-0.1, -0.05) is 170 Å². The van der Waals surface area contributed by atoms with Gasteiger partial charge in [-0.25, -0.2) is 0 Å². The van der Waals surface area contributed by atoms with E-state index in [1.165, 1.54) is 71.3 Å². The molecular formula is C62H40N2O. The quantitative estimate of drug-likeness (QED) is 0.149. The normalized spacial score (nSPS) is 11.7. The number of para-hydroxylation sites is 4. The van der Waals surface area contributed by atoms with Gasteiger partial charge < -0.3 is 13.9 Å². The van der Waals surface area contributed by atoms with Crippen LogP contribution >= 0.6 is 0 Å². The minimum atomic E-state index is 0.866. The van der Waals surface area contributed by atoms with Crippen LogP contribution < -0.4 is 4.90 Å². The highest BCUT2D eigenvalue weighted by Crippen LogP contribution is 2.41. The minimum absolute atomic E-state index is 0.866. The van der Waals surface area contributed by atoms with Crippen molar-refractivity contribution in [3.05, 3.63) is 243 Å². The van der Waals surface area contributed by atoms with Gasteiger partial charge in [0.1, 0.15) is 11.2 Å². The summed E-state index contributed by atoms with van der Waals surface area (Å²) < 4.78 is 8.82. The van der Waals surface area contributed by atoms with Crippen LogP contribution in [-0.2, 0) is 0 Å². The standard InChI is InChI=1S/C62H40N2O/c1-2-12-51-44(11-1)25-26-47-39-46(31-37-52(47)51)43-29-34-49(35-30-43)63(50-36-38-57-56-16-6-10-20-61(56)65-62(57)40-50)48-32-27-42(28-33-48)41-21-23-45(24-22-41)53-13-3-7-17-58(53)64-59-18-8-4-14-54(59)55-15-5-9-19-60(55)64/h1-40H. The molecule has 0 fully saturated rings. The van der Waals surface area contributed by atoms with E-state index in [0.29, 0.717) is 0 Å². The summed E-state index contributed by atoms with van der Waals surface area (Å²) in [5.41, 5.74) is 15.6. The van der Waals surface area contributed by atoms with E-state index in [0.717, 1.165) is 50.1 Å². The van der Waals surface area contributed by atoms with E-state index in [2.05, 4.69) is 240 Å². The number of aromatic nitrogens is 1. The van der Waals surface area contributed by atoms with Crippen LogP contribution in [0, 0.1) is 0 Å². The van der Waals surface area contributed by atoms with E-state index in [9.17, 15) is 0 Å². The number of rotatable bonds is 7. The molecule has 0 atom stereocenters. The molecule has 2 aromatic heterocycles. The van der Waals surface area contributed by atoms with Crippen molar-refractivity contribution in [1.29, 1.82) is 0 Å². The molecule has 65 heavy (non-hydrogen) atoms. The molecule has 0 unspecified atom stereocenters. The van der Waals surface area contributed by atoms with Crippen LogP contribution in [0.4, 0.5) is 17.1 Å². The summed E-state index contributed by atoms with van der Waals surface area (Å²) in [5.74, 6) is 0. The van der Waals surface area contributed by atoms with E-state index < -0.39 is 0 Å². The summed E-state index contributed by atoms with van der Waals surface area (Å²) in [6.07, 6.45) is 0. The van der Waals surface area contributed by atoms with Crippen molar-refractivity contribution in [2.45, 2.75) is 0 Å². The smallest absolute Gasteiger partial charge is 0.137 e. The zero-order valence-corrected chi connectivity index (χ0v) is 35.4. The van der Waals surface area contributed by atoms with Crippen molar-refractivity contribution in [3.63, 3.8) is 0 Å². The lowest BCUT2D eigenvalue weighted by Gasteiger charge is -2.26. The molecule has 0 saturated heterocycles. The largest absolute Gasteiger partial charge is 0.456 e. The van der Waals surface area contributed by atoms with E-state index >= 15 is 0 Å². The molecule has 0 radical (unpaired) electrons. The Bertz CT molecular complexity index is 3880. The van der Waals surface area contributed by atoms with Gasteiger partial charge in [0.2, 0.25) is 0 Å². The fraction of sp³-hybridized carbons (Fsp3) is 0. The minimum Gasteiger partial charge on any atom is -0.456 e. The lowest BCUT2D eigenvalue weighted by Crippen LogP contribution is -2.09. The number of benzene rings is 11. The predicted molar refractivity (Wildman–Crippen MR) is 274 cm³/mol. The third-order valence-electron chi connectivity index (χ3n) is 13.2. The molecule has 0 aliphatic carbocycles. The molecule has 0 aliphatic heterocycles. The molecule has 0 saturated carbocycles. The van der Waals surface area contributed by atoms with Gasteiger partial charge in [-0.2, -0.15) is 0 Å². The summed E-state index contributed by atoms with van der Waals surface area (Å²) in [6.45, 7) is 0. The second kappa shape index (κ2) is 15.0. The monoisotopic (exact) mass is 828 g/mol. The van der Waals surface area contributed by atoms with Gasteiger partial charge in [0.15, 0.2) is 0 Å². The fourth-order valence-corrected chi connectivity index (χ4v) is 10.0. The number of nitrogens with zero attached hydrogens (tertiary/aromatic N) is 2. The van der Waals surface area contributed by atoms with Crippen LogP contribution in [0.1, 0.15) is 0 Å². The first kappa shape index (κ1) is 36.9. The van der Waals surface area contributed by atoms with Crippen LogP contribution in [0.3, 0.4) is 0 Å². The van der Waals surface area contributed by atoms with E-state index in [1.807, 2.05) is 12.1 Å². The number of hydrogen-bond donors (Lipinski definition) is 0. The Labute approximate surface area is 376 Å². The lowest BCUT2D eigenvalue weighted by atomic mass is 9.97. The Hall–Kier alpha value is -8.66. The number of hydrogen-bond acceptors (Lipinski definition) is 2. The highest BCUT2D eigenvalue weighted by molar-refractivity contribution is 6.11. The number of furan rings is 1. The lowest BCUT2D eigenvalue weighted by molar-refractivity contribution is 0.669. The Balaban J connectivity index is 0.850. The summed E-state index contributed by atoms with van der Waals surface area (Å²) in [6, 6.07) is 87.7. The van der Waals surface area contributed by atoms with Crippen molar-refractivity contribution in [2.75, 3.05) is 4.90 Å². The highest BCUT2D eigenvalue weighted by Gasteiger charge is 2.18. The van der Waals surface area contributed by atoms with Crippen LogP contribution in [-0.4, -0.2) is 4.57 Å². The summed E-state index contributed by atoms with van der Waals surface area (Å²) in [4.78, 5) is 2.32. The average Bonchev–Trinajstić information content (AvgIpc) is 3.92. The first-order valence-corrected chi connectivity index (χ1v) is 22.2. The van der Waals surface area contributed by atoms with E-state index in [1.54, 1.807) is 0 Å². The van der Waals surface area contributed by atoms with Gasteiger partial charge in [0.05, 0.1) is 16.7 Å². The second-order valence-electron chi connectivity index (χ2n) is 16.9. The SMILES string of the molecule is c1ccc(-n2c3ccccc3c3ccccc32)c(-c2ccc(-c3ccc(N(c4ccc(-c5ccc6c(ccc7ccccc76)c5)cc4)c4ccc5c(c4)oc4ccccc45)cc3)cc2)c1. The topological polar surface area (TPSA) is 21.3 Å². The van der Waals surface area contributed by atoms with Gasteiger partial charge in [0.25, 0.3) is 0 Å². The van der Waals surface area contributed by atoms with Gasteiger partial charge >= 0.3 is 0 Å². The van der Waals surface area contributed by atoms with Crippen molar-refractivity contribution < 1.29 is 4.42 Å². The maximum Gasteiger partial charge on any atom is 0.137 e. The van der Waals surface area contributed by atoms with E-state index in [-0.39, 0.29) is 0 Å². The molecule has 13 aromatic rings. The summed E-state index contributed by atoms with van der Waals surface area (Å²) >= 11 is 0. The fourth-order valence-electron chi connectivity index (χ4n) is 10.0. The summed E-state index contributed by atoms with van der Waals surface area (Å²) in [7, 11) is 0. The van der Waals surface area contributed by atoms with Crippen LogP contribution in [0.25, 0.3) is 104 Å². The summed E-state index contributed by atoms with van der Waals surface area (Å²) in [5, 5.41) is 9.82. The van der Waals surface area contributed by atoms with Gasteiger partial charge in [-0.3, -0.25) is 0 Å². The first-order valence-electron chi connectivity index (χ1n) is 22.2. The van der Waals surface area contributed by atoms with Gasteiger partial charge in [-0.15, -0.1) is 0 Å². The third kappa shape index (κ3) is 6.20. The predicted octanol–water partition coefficient (Wildman–Crippen LogP) is 17.5. The Morgan fingerprint density at radius 2 is 0.769 bits per heavy atom. The maximum atomic E-state index is 6.41. The molecule has 0 amide bonds. The molecule has 13 rings (SSSR count). The van der Waals surface area contributed by atoms with Crippen LogP contribution in [0.15, 0.2) is 247 Å². The average molecular weight is 829 g/mol. The zero-order valence-electron chi connectivity index (χ0n) is 35.4. The highest BCUT2D eigenvalue weighted by atomic mass is 16.3. The van der Waals surface area contributed by atoms with Crippen molar-refractivity contribution in [2.24, 2.45) is 0 Å². The molecule has 3 nitrogen and oxygen atoms in total. The van der Waals surface area contributed by atoms with Crippen molar-refractivity contribution in [3.8, 4) is 39.1 Å². The Morgan fingerprint density at radius 1 is 0.292 bits per heavy atom. The third-order valence-corrected chi connectivity index (χ3v) is 13.2. The number of anilines is 3. The van der Waals surface area contributed by atoms with Crippen LogP contribution in [0.2, 0.25) is 0 Å². The zero-order chi connectivity index (χ0) is 42.8. The Kier molecular flexibility index (Phi) is 8.53. The van der Waals surface area contributed by atoms with Gasteiger partial charge in [0, 0.05) is 50.2 Å². The molecule has 3 heteroatoms. The maximum absolute atomic E-state index is 6.41. The Morgan fingerprint density at radius 3 is 1.49 bits per heavy atom. The molecule has 0 N–H and O–H groups in total. The van der Waals surface area contributed by atoms with Gasteiger partial charge in [-0.05, 0) is 116 Å².